The van der Waals surface area contributed by atoms with Crippen LogP contribution in [-0.4, -0.2) is 13.4 Å². The van der Waals surface area contributed by atoms with E-state index in [9.17, 15) is 17.2 Å². The van der Waals surface area contributed by atoms with E-state index in [2.05, 4.69) is 9.71 Å². The van der Waals surface area contributed by atoms with Gasteiger partial charge in [-0.25, -0.2) is 22.2 Å². The van der Waals surface area contributed by atoms with Gasteiger partial charge in [-0.15, -0.1) is 0 Å². The van der Waals surface area contributed by atoms with Crippen molar-refractivity contribution in [2.75, 3.05) is 10.5 Å². The van der Waals surface area contributed by atoms with Crippen molar-refractivity contribution in [3.8, 4) is 0 Å². The Morgan fingerprint density at radius 2 is 1.89 bits per heavy atom. The molecule has 3 N–H and O–H groups in total. The molecule has 0 aliphatic heterocycles. The van der Waals surface area contributed by atoms with Crippen LogP contribution in [0.3, 0.4) is 0 Å². The molecule has 0 saturated carbocycles. The second-order valence-electron chi connectivity index (χ2n) is 3.65. The SMILES string of the molecule is Nc1ccc(NS(=O)(=O)c2cc(F)ccc2F)cn1. The fraction of sp³-hybridized carbons (Fsp3) is 0. The van der Waals surface area contributed by atoms with E-state index in [4.69, 9.17) is 5.73 Å². The highest BCUT2D eigenvalue weighted by Gasteiger charge is 2.20. The molecule has 8 heteroatoms. The molecule has 1 heterocycles. The van der Waals surface area contributed by atoms with E-state index in [0.717, 1.165) is 12.1 Å². The number of sulfonamides is 1. The Morgan fingerprint density at radius 1 is 1.16 bits per heavy atom. The monoisotopic (exact) mass is 285 g/mol. The summed E-state index contributed by atoms with van der Waals surface area (Å²) < 4.78 is 52.2. The van der Waals surface area contributed by atoms with Crippen LogP contribution < -0.4 is 10.5 Å². The molecule has 0 saturated heterocycles. The standard InChI is InChI=1S/C11H9F2N3O2S/c12-7-1-3-9(13)10(5-7)19(17,18)16-8-2-4-11(14)15-6-8/h1-6,16H,(H2,14,15). The van der Waals surface area contributed by atoms with E-state index in [1.165, 1.54) is 18.3 Å². The zero-order valence-corrected chi connectivity index (χ0v) is 10.3. The summed E-state index contributed by atoms with van der Waals surface area (Å²) >= 11 is 0. The number of nitrogen functional groups attached to an aromatic ring is 1. The quantitative estimate of drug-likeness (QED) is 0.899. The minimum absolute atomic E-state index is 0.0952. The zero-order chi connectivity index (χ0) is 14.0. The number of rotatable bonds is 3. The van der Waals surface area contributed by atoms with Crippen molar-refractivity contribution in [2.45, 2.75) is 4.90 Å². The lowest BCUT2D eigenvalue weighted by Gasteiger charge is -2.08. The second kappa shape index (κ2) is 4.81. The summed E-state index contributed by atoms with van der Waals surface area (Å²) in [5.41, 5.74) is 5.44. The van der Waals surface area contributed by atoms with Crippen molar-refractivity contribution in [3.05, 3.63) is 48.2 Å². The molecule has 0 atom stereocenters. The summed E-state index contributed by atoms with van der Waals surface area (Å²) in [5.74, 6) is -1.69. The largest absolute Gasteiger partial charge is 0.384 e. The molecule has 1 aromatic carbocycles. The first-order valence-corrected chi connectivity index (χ1v) is 6.56. The van der Waals surface area contributed by atoms with Crippen molar-refractivity contribution in [1.29, 1.82) is 0 Å². The Bertz CT molecular complexity index is 702. The number of benzene rings is 1. The molecule has 0 spiro atoms. The van der Waals surface area contributed by atoms with Gasteiger partial charge in [0.15, 0.2) is 0 Å². The van der Waals surface area contributed by atoms with Crippen LogP contribution in [0.25, 0.3) is 0 Å². The maximum Gasteiger partial charge on any atom is 0.264 e. The van der Waals surface area contributed by atoms with Crippen molar-refractivity contribution < 1.29 is 17.2 Å². The third-order valence-corrected chi connectivity index (χ3v) is 3.62. The summed E-state index contributed by atoms with van der Waals surface area (Å²) in [6.07, 6.45) is 1.17. The smallest absolute Gasteiger partial charge is 0.264 e. The van der Waals surface area contributed by atoms with E-state index < -0.39 is 26.6 Å². The Kier molecular flexibility index (Phi) is 3.34. The van der Waals surface area contributed by atoms with Crippen LogP contribution in [-0.2, 0) is 10.0 Å². The van der Waals surface area contributed by atoms with Crippen molar-refractivity contribution >= 4 is 21.5 Å². The first kappa shape index (κ1) is 13.2. The molecule has 0 aliphatic carbocycles. The number of nitrogens with one attached hydrogen (secondary N) is 1. The van der Waals surface area contributed by atoms with Gasteiger partial charge < -0.3 is 5.73 Å². The van der Waals surface area contributed by atoms with Gasteiger partial charge in [0.05, 0.1) is 11.9 Å². The van der Waals surface area contributed by atoms with Crippen molar-refractivity contribution in [1.82, 2.24) is 4.98 Å². The van der Waals surface area contributed by atoms with Crippen LogP contribution >= 0.6 is 0 Å². The van der Waals surface area contributed by atoms with Crippen LogP contribution in [0.15, 0.2) is 41.4 Å². The normalized spacial score (nSPS) is 11.3. The Balaban J connectivity index is 2.37. The molecule has 2 rings (SSSR count). The molecule has 0 radical (unpaired) electrons. The molecular formula is C11H9F2N3O2S. The number of nitrogens with two attached hydrogens (primary N) is 1. The first-order chi connectivity index (χ1) is 8.88. The predicted molar refractivity (Wildman–Crippen MR) is 65.8 cm³/mol. The van der Waals surface area contributed by atoms with Gasteiger partial charge in [0.25, 0.3) is 10.0 Å². The third kappa shape index (κ3) is 2.97. The lowest BCUT2D eigenvalue weighted by molar-refractivity contribution is 0.555. The second-order valence-corrected chi connectivity index (χ2v) is 5.30. The average molecular weight is 285 g/mol. The highest BCUT2D eigenvalue weighted by molar-refractivity contribution is 7.92. The summed E-state index contributed by atoms with van der Waals surface area (Å²) in [6, 6.07) is 4.91. The van der Waals surface area contributed by atoms with E-state index in [0.29, 0.717) is 6.07 Å². The lowest BCUT2D eigenvalue weighted by Crippen LogP contribution is -2.15. The topological polar surface area (TPSA) is 85.1 Å². The summed E-state index contributed by atoms with van der Waals surface area (Å²) in [4.78, 5) is 2.91. The Morgan fingerprint density at radius 3 is 2.53 bits per heavy atom. The zero-order valence-electron chi connectivity index (χ0n) is 9.47. The Hall–Kier alpha value is -2.22. The average Bonchev–Trinajstić information content (AvgIpc) is 2.35. The van der Waals surface area contributed by atoms with Crippen LogP contribution in [0.1, 0.15) is 0 Å². The molecule has 0 bridgehead atoms. The van der Waals surface area contributed by atoms with Crippen molar-refractivity contribution in [2.24, 2.45) is 0 Å². The maximum absolute atomic E-state index is 13.4. The molecule has 2 aromatic rings. The van der Waals surface area contributed by atoms with Gasteiger partial charge >= 0.3 is 0 Å². The predicted octanol–water partition coefficient (Wildman–Crippen LogP) is 1.74. The van der Waals surface area contributed by atoms with E-state index >= 15 is 0 Å². The maximum atomic E-state index is 13.4. The molecular weight excluding hydrogens is 276 g/mol. The van der Waals surface area contributed by atoms with Crippen LogP contribution in [0.5, 0.6) is 0 Å². The number of halogens is 2. The van der Waals surface area contributed by atoms with Crippen LogP contribution in [0, 0.1) is 11.6 Å². The lowest BCUT2D eigenvalue weighted by atomic mass is 10.3. The van der Waals surface area contributed by atoms with Gasteiger partial charge in [-0.1, -0.05) is 0 Å². The Labute approximate surface area is 108 Å². The molecule has 0 amide bonds. The minimum atomic E-state index is -4.23. The molecule has 0 unspecified atom stereocenters. The van der Waals surface area contributed by atoms with E-state index in [1.807, 2.05) is 0 Å². The minimum Gasteiger partial charge on any atom is -0.384 e. The molecule has 1 aromatic heterocycles. The molecule has 100 valence electrons. The van der Waals surface area contributed by atoms with Crippen LogP contribution in [0.4, 0.5) is 20.3 Å². The first-order valence-electron chi connectivity index (χ1n) is 5.08. The summed E-state index contributed by atoms with van der Waals surface area (Å²) in [5, 5.41) is 0. The summed E-state index contributed by atoms with van der Waals surface area (Å²) in [6.45, 7) is 0. The number of anilines is 2. The van der Waals surface area contributed by atoms with Gasteiger partial charge in [0, 0.05) is 0 Å². The molecule has 5 nitrogen and oxygen atoms in total. The highest BCUT2D eigenvalue weighted by atomic mass is 32.2. The van der Waals surface area contributed by atoms with Gasteiger partial charge in [-0.3, -0.25) is 4.72 Å². The number of hydrogen-bond acceptors (Lipinski definition) is 4. The highest BCUT2D eigenvalue weighted by Crippen LogP contribution is 2.19. The molecule has 0 aliphatic rings. The van der Waals surface area contributed by atoms with Gasteiger partial charge in [-0.05, 0) is 30.3 Å². The van der Waals surface area contributed by atoms with Gasteiger partial charge in [0.1, 0.15) is 22.3 Å². The fourth-order valence-electron chi connectivity index (χ4n) is 1.36. The van der Waals surface area contributed by atoms with Crippen LogP contribution in [0.2, 0.25) is 0 Å². The number of hydrogen-bond donors (Lipinski definition) is 2. The number of aromatic nitrogens is 1. The fourth-order valence-corrected chi connectivity index (χ4v) is 2.49. The van der Waals surface area contributed by atoms with Gasteiger partial charge in [-0.2, -0.15) is 0 Å². The summed E-state index contributed by atoms with van der Waals surface area (Å²) in [7, 11) is -4.23. The van der Waals surface area contributed by atoms with E-state index in [1.54, 1.807) is 0 Å². The van der Waals surface area contributed by atoms with E-state index in [-0.39, 0.29) is 11.5 Å². The van der Waals surface area contributed by atoms with Gasteiger partial charge in [0.2, 0.25) is 0 Å². The molecule has 0 fully saturated rings. The molecule has 19 heavy (non-hydrogen) atoms. The number of nitrogens with zero attached hydrogens (tertiary/aromatic N) is 1. The van der Waals surface area contributed by atoms with Crippen molar-refractivity contribution in [3.63, 3.8) is 0 Å². The third-order valence-electron chi connectivity index (χ3n) is 2.22. The number of pyridine rings is 1.